The summed E-state index contributed by atoms with van der Waals surface area (Å²) < 4.78 is 13.5. The molecule has 0 aliphatic heterocycles. The number of thioether (sulfide) groups is 1. The van der Waals surface area contributed by atoms with Crippen LogP contribution in [0.5, 0.6) is 0 Å². The number of rotatable bonds is 11. The summed E-state index contributed by atoms with van der Waals surface area (Å²) in [6.45, 7) is 1.98. The highest BCUT2D eigenvalue weighted by molar-refractivity contribution is 8.00. The van der Waals surface area contributed by atoms with E-state index in [0.717, 1.165) is 26.6 Å². The van der Waals surface area contributed by atoms with Crippen LogP contribution in [0.1, 0.15) is 31.6 Å². The third kappa shape index (κ3) is 8.79. The highest BCUT2D eigenvalue weighted by Gasteiger charge is 2.24. The van der Waals surface area contributed by atoms with E-state index in [2.05, 4.69) is 16.0 Å². The molecule has 0 radical (unpaired) electrons. The van der Waals surface area contributed by atoms with Crippen LogP contribution in [0.4, 0.5) is 15.2 Å². The molecule has 3 N–H and O–H groups in total. The van der Waals surface area contributed by atoms with Gasteiger partial charge in [0.2, 0.25) is 5.91 Å². The Labute approximate surface area is 297 Å². The Balaban J connectivity index is 1.18. The van der Waals surface area contributed by atoms with Gasteiger partial charge in [0.1, 0.15) is 16.8 Å². The van der Waals surface area contributed by atoms with Crippen LogP contribution >= 0.6 is 23.1 Å². The van der Waals surface area contributed by atoms with Crippen LogP contribution in [-0.2, 0) is 9.59 Å². The van der Waals surface area contributed by atoms with E-state index >= 15 is 0 Å². The number of anilines is 2. The molecule has 0 saturated heterocycles. The molecule has 0 aliphatic rings. The van der Waals surface area contributed by atoms with E-state index in [9.17, 15) is 18.8 Å². The Hall–Kier alpha value is -5.84. The second-order valence-electron chi connectivity index (χ2n) is 11.1. The van der Waals surface area contributed by atoms with Gasteiger partial charge in [0.25, 0.3) is 11.8 Å². The second-order valence-corrected chi connectivity index (χ2v) is 13.5. The third-order valence-electron chi connectivity index (χ3n) is 7.49. The van der Waals surface area contributed by atoms with Crippen molar-refractivity contribution in [3.63, 3.8) is 0 Å². The van der Waals surface area contributed by atoms with Gasteiger partial charge in [-0.25, -0.2) is 9.37 Å². The van der Waals surface area contributed by atoms with E-state index in [0.29, 0.717) is 21.9 Å². The molecule has 0 spiro atoms. The minimum absolute atomic E-state index is 0.0161. The number of hydrogen-bond donors (Lipinski definition) is 3. The zero-order valence-corrected chi connectivity index (χ0v) is 28.4. The molecule has 50 heavy (non-hydrogen) atoms. The average molecular weight is 699 g/mol. The molecule has 1 unspecified atom stereocenters. The fourth-order valence-corrected chi connectivity index (χ4v) is 6.87. The summed E-state index contributed by atoms with van der Waals surface area (Å²) in [5.74, 6) is -1.65. The molecule has 0 bridgehead atoms. The van der Waals surface area contributed by atoms with Gasteiger partial charge < -0.3 is 16.0 Å². The molecule has 3 amide bonds. The monoisotopic (exact) mass is 698 g/mol. The summed E-state index contributed by atoms with van der Waals surface area (Å²) in [5.41, 5.74) is 4.02. The Morgan fingerprint density at radius 2 is 1.38 bits per heavy atom. The molecule has 7 nitrogen and oxygen atoms in total. The molecule has 0 saturated carbocycles. The van der Waals surface area contributed by atoms with E-state index in [-0.39, 0.29) is 11.6 Å². The summed E-state index contributed by atoms with van der Waals surface area (Å²) >= 11 is 2.80. The van der Waals surface area contributed by atoms with Crippen molar-refractivity contribution < 1.29 is 18.8 Å². The van der Waals surface area contributed by atoms with Gasteiger partial charge in [0.05, 0.1) is 5.69 Å². The van der Waals surface area contributed by atoms with E-state index in [4.69, 9.17) is 4.98 Å². The normalized spacial score (nSPS) is 11.8. The van der Waals surface area contributed by atoms with Crippen molar-refractivity contribution in [2.75, 3.05) is 10.6 Å². The first kappa shape index (κ1) is 34.0. The van der Waals surface area contributed by atoms with Gasteiger partial charge in [-0.1, -0.05) is 91.0 Å². The molecule has 248 valence electrons. The van der Waals surface area contributed by atoms with Crippen molar-refractivity contribution in [2.24, 2.45) is 0 Å². The van der Waals surface area contributed by atoms with E-state index in [1.807, 2.05) is 79.7 Å². The summed E-state index contributed by atoms with van der Waals surface area (Å²) in [5, 5.41) is 8.47. The molecule has 6 rings (SSSR count). The molecule has 1 heterocycles. The number of amides is 3. The Morgan fingerprint density at radius 3 is 2.04 bits per heavy atom. The first-order valence-corrected chi connectivity index (χ1v) is 17.3. The van der Waals surface area contributed by atoms with Gasteiger partial charge in [-0.2, -0.15) is 0 Å². The smallest absolute Gasteiger partial charge is 0.272 e. The van der Waals surface area contributed by atoms with Crippen molar-refractivity contribution in [2.45, 2.75) is 17.1 Å². The van der Waals surface area contributed by atoms with Gasteiger partial charge in [0.15, 0.2) is 5.13 Å². The first-order valence-electron chi connectivity index (χ1n) is 15.6. The summed E-state index contributed by atoms with van der Waals surface area (Å²) in [6.07, 6.45) is 1.48. The fraction of sp³-hybridized carbons (Fsp3) is 0.0500. The van der Waals surface area contributed by atoms with Crippen LogP contribution < -0.4 is 16.0 Å². The number of carbonyl (C=O) groups is 3. The maximum Gasteiger partial charge on any atom is 0.272 e. The molecule has 1 atom stereocenters. The van der Waals surface area contributed by atoms with Crippen LogP contribution in [0.2, 0.25) is 0 Å². The molecule has 5 aromatic carbocycles. The lowest BCUT2D eigenvalue weighted by Gasteiger charge is -2.17. The van der Waals surface area contributed by atoms with Crippen LogP contribution in [0.25, 0.3) is 17.3 Å². The van der Waals surface area contributed by atoms with Crippen molar-refractivity contribution in [3.8, 4) is 11.3 Å². The topological polar surface area (TPSA) is 100 Å². The zero-order valence-electron chi connectivity index (χ0n) is 26.8. The molecule has 10 heteroatoms. The molecular weight excluding hydrogens is 668 g/mol. The number of thiazole rings is 1. The predicted molar refractivity (Wildman–Crippen MR) is 199 cm³/mol. The number of hydrogen-bond acceptors (Lipinski definition) is 6. The Bertz CT molecular complexity index is 2120. The van der Waals surface area contributed by atoms with Gasteiger partial charge in [-0.3, -0.25) is 14.4 Å². The number of nitrogens with one attached hydrogen (secondary N) is 3. The minimum Gasteiger partial charge on any atom is -0.321 e. The highest BCUT2D eigenvalue weighted by atomic mass is 32.2. The van der Waals surface area contributed by atoms with Gasteiger partial charge >= 0.3 is 0 Å². The summed E-state index contributed by atoms with van der Waals surface area (Å²) in [6, 6.07) is 40.6. The predicted octanol–water partition coefficient (Wildman–Crippen LogP) is 9.14. The Kier molecular flexibility index (Phi) is 10.9. The number of aryl methyl sites for hydroxylation is 1. The van der Waals surface area contributed by atoms with Gasteiger partial charge in [-0.15, -0.1) is 23.1 Å². The maximum absolute atomic E-state index is 13.7. The fourth-order valence-electron chi connectivity index (χ4n) is 5.00. The van der Waals surface area contributed by atoms with Gasteiger partial charge in [-0.05, 0) is 72.7 Å². The lowest BCUT2D eigenvalue weighted by atomic mass is 10.1. The third-order valence-corrected chi connectivity index (χ3v) is 9.64. The number of carbonyl (C=O) groups excluding carboxylic acids is 3. The van der Waals surface area contributed by atoms with E-state index < -0.39 is 22.9 Å². The van der Waals surface area contributed by atoms with Crippen LogP contribution in [0.3, 0.4) is 0 Å². The standard InChI is InChI=1S/C40H31FN4O3S2/c1-26-35(28-11-5-2-6-12-28)44-40(49-26)45-39(48)36(29-13-7-3-8-14-29)50-33-23-21-32(22-24-33)42-38(47)34(25-27-17-19-31(41)20-18-27)43-37(46)30-15-9-4-10-16-30/h2-25,36H,1H3,(H,42,47)(H,43,46)(H,44,45,48)/b34-25-. The van der Waals surface area contributed by atoms with Crippen molar-refractivity contribution in [1.82, 2.24) is 10.3 Å². The minimum atomic E-state index is -0.584. The molecule has 1 aromatic heterocycles. The van der Waals surface area contributed by atoms with Crippen molar-refractivity contribution in [3.05, 3.63) is 173 Å². The SMILES string of the molecule is Cc1sc(NC(=O)C(Sc2ccc(NC(=O)/C(=C/c3ccc(F)cc3)NC(=O)c3ccccc3)cc2)c2ccccc2)nc1-c1ccccc1. The van der Waals surface area contributed by atoms with Crippen molar-refractivity contribution >= 4 is 57.7 Å². The van der Waals surface area contributed by atoms with Crippen LogP contribution in [0, 0.1) is 12.7 Å². The molecule has 0 fully saturated rings. The number of aromatic nitrogens is 1. The Morgan fingerprint density at radius 1 is 0.760 bits per heavy atom. The number of halogens is 1. The summed E-state index contributed by atoms with van der Waals surface area (Å²) in [4.78, 5) is 46.6. The first-order chi connectivity index (χ1) is 24.3. The van der Waals surface area contributed by atoms with E-state index in [1.165, 1.54) is 53.4 Å². The summed E-state index contributed by atoms with van der Waals surface area (Å²) in [7, 11) is 0. The van der Waals surface area contributed by atoms with Crippen molar-refractivity contribution in [1.29, 1.82) is 0 Å². The molecular formula is C40H31FN4O3S2. The zero-order chi connectivity index (χ0) is 34.9. The van der Waals surface area contributed by atoms with Gasteiger partial charge in [0, 0.05) is 26.6 Å². The second kappa shape index (κ2) is 16.0. The largest absolute Gasteiger partial charge is 0.321 e. The lowest BCUT2D eigenvalue weighted by molar-refractivity contribution is -0.116. The highest BCUT2D eigenvalue weighted by Crippen LogP contribution is 2.38. The van der Waals surface area contributed by atoms with Crippen LogP contribution in [0.15, 0.2) is 150 Å². The molecule has 6 aromatic rings. The molecule has 0 aliphatic carbocycles. The number of nitrogens with zero attached hydrogens (tertiary/aromatic N) is 1. The quantitative estimate of drug-likeness (QED) is 0.0926. The number of benzene rings is 5. The van der Waals surface area contributed by atoms with E-state index in [1.54, 1.807) is 42.5 Å². The maximum atomic E-state index is 13.7. The lowest BCUT2D eigenvalue weighted by Crippen LogP contribution is -2.30. The van der Waals surface area contributed by atoms with Crippen LogP contribution in [-0.4, -0.2) is 22.7 Å². The average Bonchev–Trinajstić information content (AvgIpc) is 3.52.